The molecule has 0 aliphatic carbocycles. The van der Waals surface area contributed by atoms with E-state index in [1.165, 1.54) is 0 Å². The van der Waals surface area contributed by atoms with Gasteiger partial charge in [-0.15, -0.1) is 12.4 Å². The molecule has 5 nitrogen and oxygen atoms in total. The van der Waals surface area contributed by atoms with E-state index in [1.807, 2.05) is 19.0 Å². The number of hydrogen-bond donors (Lipinski definition) is 2. The second kappa shape index (κ2) is 6.00. The van der Waals surface area contributed by atoms with Crippen LogP contribution in [0.5, 0.6) is 0 Å². The monoisotopic (exact) mass is 258 g/mol. The van der Waals surface area contributed by atoms with Crippen LogP contribution in [0.1, 0.15) is 0 Å². The Kier molecular flexibility index (Phi) is 6.05. The Hall–Kier alpha value is 0.120. The molecule has 1 fully saturated rings. The van der Waals surface area contributed by atoms with Gasteiger partial charge in [-0.1, -0.05) is 0 Å². The molecule has 1 saturated heterocycles. The van der Waals surface area contributed by atoms with Gasteiger partial charge in [0.25, 0.3) is 0 Å². The highest BCUT2D eigenvalue weighted by Crippen LogP contribution is 2.11. The Bertz CT molecular complexity index is 282. The summed E-state index contributed by atoms with van der Waals surface area (Å²) in [6.45, 7) is 1.54. The molecule has 1 aliphatic rings. The van der Waals surface area contributed by atoms with Crippen molar-refractivity contribution in [3.05, 3.63) is 0 Å². The molecule has 2 unspecified atom stereocenters. The highest BCUT2D eigenvalue weighted by atomic mass is 35.5. The zero-order valence-electron chi connectivity index (χ0n) is 9.01. The van der Waals surface area contributed by atoms with E-state index < -0.39 is 15.9 Å². The van der Waals surface area contributed by atoms with Crippen molar-refractivity contribution in [3.63, 3.8) is 0 Å². The molecule has 0 aromatic rings. The predicted molar refractivity (Wildman–Crippen MR) is 62.3 cm³/mol. The molecule has 0 bridgehead atoms. The summed E-state index contributed by atoms with van der Waals surface area (Å²) >= 11 is 0. The van der Waals surface area contributed by atoms with E-state index in [2.05, 4.69) is 5.32 Å². The standard InChI is InChI=1S/C8H18N2O3S.ClH/c1-10(2)4-3-9-7-5-14(12,13)6-8(7)11;/h7-9,11H,3-6H2,1-2H3;1H. The number of nitrogens with zero attached hydrogens (tertiary/aromatic N) is 1. The second-order valence-corrected chi connectivity index (χ2v) is 6.16. The van der Waals surface area contributed by atoms with Gasteiger partial charge < -0.3 is 15.3 Å². The van der Waals surface area contributed by atoms with Gasteiger partial charge in [-0.2, -0.15) is 0 Å². The molecule has 2 atom stereocenters. The first-order valence-electron chi connectivity index (χ1n) is 4.67. The van der Waals surface area contributed by atoms with Crippen LogP contribution in [0.15, 0.2) is 0 Å². The maximum atomic E-state index is 11.1. The molecule has 1 rings (SSSR count). The molecule has 1 aliphatic heterocycles. The number of sulfone groups is 1. The molecule has 0 amide bonds. The Morgan fingerprint density at radius 2 is 2.00 bits per heavy atom. The van der Waals surface area contributed by atoms with Crippen LogP contribution in [-0.2, 0) is 9.84 Å². The van der Waals surface area contributed by atoms with Gasteiger partial charge in [0.15, 0.2) is 9.84 Å². The molecular formula is C8H19ClN2O3S. The van der Waals surface area contributed by atoms with Crippen molar-refractivity contribution in [1.82, 2.24) is 10.2 Å². The Morgan fingerprint density at radius 1 is 1.40 bits per heavy atom. The van der Waals surface area contributed by atoms with Crippen LogP contribution in [0.25, 0.3) is 0 Å². The lowest BCUT2D eigenvalue weighted by atomic mass is 10.2. The Morgan fingerprint density at radius 3 is 2.40 bits per heavy atom. The Labute approximate surface area is 97.2 Å². The van der Waals surface area contributed by atoms with Gasteiger partial charge in [-0.05, 0) is 14.1 Å². The number of likely N-dealkylation sites (N-methyl/N-ethyl adjacent to an activating group) is 1. The van der Waals surface area contributed by atoms with Gasteiger partial charge in [0.2, 0.25) is 0 Å². The fraction of sp³-hybridized carbons (Fsp3) is 1.00. The summed E-state index contributed by atoms with van der Waals surface area (Å²) in [6.07, 6.45) is -0.748. The fourth-order valence-electron chi connectivity index (χ4n) is 1.50. The van der Waals surface area contributed by atoms with Crippen LogP contribution in [0.4, 0.5) is 0 Å². The molecule has 2 N–H and O–H groups in total. The second-order valence-electron chi connectivity index (χ2n) is 4.01. The molecule has 0 radical (unpaired) electrons. The molecular weight excluding hydrogens is 240 g/mol. The van der Waals surface area contributed by atoms with Crippen LogP contribution in [0, 0.1) is 0 Å². The van der Waals surface area contributed by atoms with Crippen molar-refractivity contribution in [1.29, 1.82) is 0 Å². The molecule has 0 aromatic heterocycles. The van der Waals surface area contributed by atoms with E-state index >= 15 is 0 Å². The minimum atomic E-state index is -3.02. The minimum absolute atomic E-state index is 0. The van der Waals surface area contributed by atoms with Crippen molar-refractivity contribution in [2.75, 3.05) is 38.7 Å². The molecule has 7 heteroatoms. The van der Waals surface area contributed by atoms with Gasteiger partial charge in [-0.3, -0.25) is 0 Å². The number of rotatable bonds is 4. The largest absolute Gasteiger partial charge is 0.390 e. The van der Waals surface area contributed by atoms with E-state index in [-0.39, 0.29) is 30.0 Å². The van der Waals surface area contributed by atoms with Crippen molar-refractivity contribution < 1.29 is 13.5 Å². The minimum Gasteiger partial charge on any atom is -0.390 e. The normalized spacial score (nSPS) is 29.1. The van der Waals surface area contributed by atoms with Crippen molar-refractivity contribution in [2.45, 2.75) is 12.1 Å². The third-order valence-electron chi connectivity index (χ3n) is 2.29. The third-order valence-corrected chi connectivity index (χ3v) is 4.00. The summed E-state index contributed by atoms with van der Waals surface area (Å²) in [7, 11) is 0.874. The quantitative estimate of drug-likeness (QED) is 0.657. The topological polar surface area (TPSA) is 69.6 Å². The summed E-state index contributed by atoms with van der Waals surface area (Å²) in [4.78, 5) is 2.00. The number of nitrogens with one attached hydrogen (secondary N) is 1. The molecule has 15 heavy (non-hydrogen) atoms. The highest BCUT2D eigenvalue weighted by Gasteiger charge is 2.35. The maximum Gasteiger partial charge on any atom is 0.154 e. The highest BCUT2D eigenvalue weighted by molar-refractivity contribution is 7.91. The molecule has 0 aromatic carbocycles. The van der Waals surface area contributed by atoms with Crippen molar-refractivity contribution >= 4 is 22.2 Å². The summed E-state index contributed by atoms with van der Waals surface area (Å²) in [5.41, 5.74) is 0. The van der Waals surface area contributed by atoms with E-state index in [0.717, 1.165) is 6.54 Å². The first-order chi connectivity index (χ1) is 6.41. The maximum absolute atomic E-state index is 11.1. The van der Waals surface area contributed by atoms with E-state index in [0.29, 0.717) is 6.54 Å². The summed E-state index contributed by atoms with van der Waals surface area (Å²) in [6, 6.07) is -0.292. The Balaban J connectivity index is 0.00000196. The van der Waals surface area contributed by atoms with Crippen LogP contribution in [-0.4, -0.2) is 69.3 Å². The fourth-order valence-corrected chi connectivity index (χ4v) is 3.27. The van der Waals surface area contributed by atoms with Crippen LogP contribution >= 0.6 is 12.4 Å². The zero-order valence-corrected chi connectivity index (χ0v) is 10.6. The molecule has 1 heterocycles. The lowest BCUT2D eigenvalue weighted by molar-refractivity contribution is 0.164. The predicted octanol–water partition coefficient (Wildman–Crippen LogP) is -1.28. The third kappa shape index (κ3) is 5.12. The molecule has 92 valence electrons. The number of aliphatic hydroxyl groups is 1. The van der Waals surface area contributed by atoms with E-state index in [1.54, 1.807) is 0 Å². The van der Waals surface area contributed by atoms with E-state index in [4.69, 9.17) is 0 Å². The average Bonchev–Trinajstić information content (AvgIpc) is 2.24. The SMILES string of the molecule is CN(C)CCNC1CS(=O)(=O)CC1O.Cl. The van der Waals surface area contributed by atoms with Crippen LogP contribution in [0.3, 0.4) is 0 Å². The lowest BCUT2D eigenvalue weighted by Crippen LogP contribution is -2.41. The first kappa shape index (κ1) is 15.1. The average molecular weight is 259 g/mol. The smallest absolute Gasteiger partial charge is 0.154 e. The van der Waals surface area contributed by atoms with Gasteiger partial charge in [0, 0.05) is 19.1 Å². The summed E-state index contributed by atoms with van der Waals surface area (Å²) < 4.78 is 22.3. The van der Waals surface area contributed by atoms with Crippen molar-refractivity contribution in [3.8, 4) is 0 Å². The van der Waals surface area contributed by atoms with Crippen molar-refractivity contribution in [2.24, 2.45) is 0 Å². The number of aliphatic hydroxyl groups excluding tert-OH is 1. The van der Waals surface area contributed by atoms with Crippen LogP contribution < -0.4 is 5.32 Å². The van der Waals surface area contributed by atoms with E-state index in [9.17, 15) is 13.5 Å². The molecule has 0 spiro atoms. The molecule has 0 saturated carbocycles. The van der Waals surface area contributed by atoms with Gasteiger partial charge in [0.1, 0.15) is 0 Å². The summed E-state index contributed by atoms with van der Waals surface area (Å²) in [5, 5.41) is 12.5. The number of halogens is 1. The van der Waals surface area contributed by atoms with Gasteiger partial charge >= 0.3 is 0 Å². The van der Waals surface area contributed by atoms with Crippen LogP contribution in [0.2, 0.25) is 0 Å². The zero-order chi connectivity index (χ0) is 10.8. The summed E-state index contributed by atoms with van der Waals surface area (Å²) in [5.74, 6) is -0.0474. The first-order valence-corrected chi connectivity index (χ1v) is 6.49. The number of hydrogen-bond acceptors (Lipinski definition) is 5. The lowest BCUT2D eigenvalue weighted by Gasteiger charge is -2.16. The van der Waals surface area contributed by atoms with Gasteiger partial charge in [-0.25, -0.2) is 8.42 Å². The van der Waals surface area contributed by atoms with Gasteiger partial charge in [0.05, 0.1) is 17.6 Å².